The van der Waals surface area contributed by atoms with Crippen molar-refractivity contribution < 1.29 is 23.5 Å². The van der Waals surface area contributed by atoms with E-state index in [0.29, 0.717) is 11.5 Å². The molecule has 3 rings (SSSR count). The summed E-state index contributed by atoms with van der Waals surface area (Å²) in [6.07, 6.45) is 1.50. The van der Waals surface area contributed by atoms with Crippen molar-refractivity contribution in [2.75, 3.05) is 13.2 Å². The Morgan fingerprint density at radius 2 is 2.07 bits per heavy atom. The zero-order valence-electron chi connectivity index (χ0n) is 14.7. The maximum atomic E-state index is 12.4. The Morgan fingerprint density at radius 1 is 1.30 bits per heavy atom. The van der Waals surface area contributed by atoms with E-state index < -0.39 is 23.7 Å². The normalized spacial score (nSPS) is 15.7. The quantitative estimate of drug-likeness (QED) is 0.489. The number of hydrogen-bond donors (Lipinski definition) is 0. The molecule has 0 N–H and O–H groups in total. The van der Waals surface area contributed by atoms with E-state index in [2.05, 4.69) is 15.9 Å². The first-order valence-electron chi connectivity index (χ1n) is 8.16. The van der Waals surface area contributed by atoms with Crippen LogP contribution in [0.5, 0.6) is 0 Å². The van der Waals surface area contributed by atoms with Crippen molar-refractivity contribution in [2.24, 2.45) is 0 Å². The summed E-state index contributed by atoms with van der Waals surface area (Å²) >= 11 is 4.28. The number of imide groups is 1. The van der Waals surface area contributed by atoms with Gasteiger partial charge in [-0.2, -0.15) is 0 Å². The first kappa shape index (κ1) is 19.4. The lowest BCUT2D eigenvalue weighted by Crippen LogP contribution is -2.34. The topological polar surface area (TPSA) is 76.8 Å². The fourth-order valence-electron chi connectivity index (χ4n) is 2.50. The van der Waals surface area contributed by atoms with Crippen LogP contribution in [0.3, 0.4) is 0 Å². The molecule has 0 saturated carbocycles. The monoisotopic (exact) mass is 449 g/mol. The molecule has 0 atom stereocenters. The molecule has 8 heteroatoms. The van der Waals surface area contributed by atoms with Crippen LogP contribution in [0.1, 0.15) is 18.2 Å². The Labute approximate surface area is 168 Å². The number of aryl methyl sites for hydroxylation is 1. The average molecular weight is 450 g/mol. The van der Waals surface area contributed by atoms with Gasteiger partial charge in [-0.3, -0.25) is 19.3 Å². The highest BCUT2D eigenvalue weighted by Gasteiger charge is 2.36. The molecule has 0 aliphatic carbocycles. The van der Waals surface area contributed by atoms with Crippen molar-refractivity contribution in [1.82, 2.24) is 4.90 Å². The van der Waals surface area contributed by atoms with Crippen LogP contribution >= 0.6 is 27.7 Å². The number of halogens is 1. The van der Waals surface area contributed by atoms with E-state index in [1.165, 1.54) is 6.08 Å². The van der Waals surface area contributed by atoms with Crippen molar-refractivity contribution in [3.8, 4) is 11.3 Å². The summed E-state index contributed by atoms with van der Waals surface area (Å²) < 4.78 is 11.5. The molecule has 1 aromatic carbocycles. The maximum absolute atomic E-state index is 12.4. The Kier molecular flexibility index (Phi) is 5.86. The van der Waals surface area contributed by atoms with Crippen LogP contribution in [-0.2, 0) is 14.3 Å². The summed E-state index contributed by atoms with van der Waals surface area (Å²) in [5, 5.41) is -0.507. The third-order valence-corrected chi connectivity index (χ3v) is 5.32. The van der Waals surface area contributed by atoms with Crippen molar-refractivity contribution in [3.63, 3.8) is 0 Å². The largest absolute Gasteiger partial charge is 0.465 e. The molecule has 2 aromatic rings. The second-order valence-electron chi connectivity index (χ2n) is 5.76. The molecule has 6 nitrogen and oxygen atoms in total. The Balaban J connectivity index is 1.79. The molecule has 1 fully saturated rings. The van der Waals surface area contributed by atoms with Crippen LogP contribution in [0.4, 0.5) is 4.79 Å². The Bertz CT molecular complexity index is 949. The van der Waals surface area contributed by atoms with Crippen molar-refractivity contribution in [2.45, 2.75) is 13.8 Å². The minimum absolute atomic E-state index is 0.189. The number of benzene rings is 1. The standard InChI is InChI=1S/C19H16BrNO5S/c1-3-25-17(22)10-21-18(23)16(27-19(21)24)9-12-5-7-15(26-12)13-6-4-11(2)8-14(13)20/h4-9H,3,10H2,1-2H3/b16-9+. The van der Waals surface area contributed by atoms with Gasteiger partial charge in [-0.1, -0.05) is 22.0 Å². The average Bonchev–Trinajstić information content (AvgIpc) is 3.16. The first-order chi connectivity index (χ1) is 12.9. The number of carbonyl (C=O) groups excluding carboxylic acids is 3. The predicted molar refractivity (Wildman–Crippen MR) is 106 cm³/mol. The summed E-state index contributed by atoms with van der Waals surface area (Å²) in [6, 6.07) is 9.42. The van der Waals surface area contributed by atoms with Crippen LogP contribution in [0.25, 0.3) is 17.4 Å². The van der Waals surface area contributed by atoms with Crippen LogP contribution in [-0.4, -0.2) is 35.2 Å². The van der Waals surface area contributed by atoms with Crippen LogP contribution < -0.4 is 0 Å². The predicted octanol–water partition coefficient (Wildman–Crippen LogP) is 4.62. The second kappa shape index (κ2) is 8.14. The highest BCUT2D eigenvalue weighted by atomic mass is 79.9. The van der Waals surface area contributed by atoms with E-state index >= 15 is 0 Å². The molecular weight excluding hydrogens is 434 g/mol. The summed E-state index contributed by atoms with van der Waals surface area (Å²) in [5.41, 5.74) is 2.00. The summed E-state index contributed by atoms with van der Waals surface area (Å²) in [4.78, 5) is 37.0. The summed E-state index contributed by atoms with van der Waals surface area (Å²) in [7, 11) is 0. The molecule has 140 valence electrons. The Morgan fingerprint density at radius 3 is 2.78 bits per heavy atom. The minimum atomic E-state index is -0.620. The van der Waals surface area contributed by atoms with E-state index in [0.717, 1.165) is 32.3 Å². The lowest BCUT2D eigenvalue weighted by atomic mass is 10.1. The van der Waals surface area contributed by atoms with E-state index in [9.17, 15) is 14.4 Å². The molecule has 0 spiro atoms. The third kappa shape index (κ3) is 4.33. The fraction of sp³-hybridized carbons (Fsp3) is 0.211. The fourth-order valence-corrected chi connectivity index (χ4v) is 4.00. The lowest BCUT2D eigenvalue weighted by Gasteiger charge is -2.10. The summed E-state index contributed by atoms with van der Waals surface area (Å²) in [5.74, 6) is -0.0731. The SMILES string of the molecule is CCOC(=O)CN1C(=O)S/C(=C/c2ccc(-c3ccc(C)cc3Br)o2)C1=O. The molecule has 2 amide bonds. The van der Waals surface area contributed by atoms with Gasteiger partial charge in [-0.25, -0.2) is 0 Å². The molecule has 1 aliphatic heterocycles. The van der Waals surface area contributed by atoms with Gasteiger partial charge in [-0.15, -0.1) is 0 Å². The van der Waals surface area contributed by atoms with Gasteiger partial charge in [0, 0.05) is 16.1 Å². The van der Waals surface area contributed by atoms with Crippen LogP contribution in [0.15, 0.2) is 44.1 Å². The van der Waals surface area contributed by atoms with Crippen LogP contribution in [0.2, 0.25) is 0 Å². The zero-order chi connectivity index (χ0) is 19.6. The van der Waals surface area contributed by atoms with E-state index in [1.54, 1.807) is 19.1 Å². The number of furan rings is 1. The third-order valence-electron chi connectivity index (χ3n) is 3.76. The number of rotatable bonds is 5. The number of nitrogens with zero attached hydrogens (tertiary/aromatic N) is 1. The number of amides is 2. The van der Waals surface area contributed by atoms with E-state index in [4.69, 9.17) is 9.15 Å². The smallest absolute Gasteiger partial charge is 0.326 e. The van der Waals surface area contributed by atoms with Gasteiger partial charge in [0.05, 0.1) is 11.5 Å². The van der Waals surface area contributed by atoms with Crippen LogP contribution in [0, 0.1) is 6.92 Å². The molecule has 1 aliphatic rings. The van der Waals surface area contributed by atoms with Gasteiger partial charge in [-0.05, 0) is 55.4 Å². The molecule has 0 bridgehead atoms. The zero-order valence-corrected chi connectivity index (χ0v) is 17.1. The van der Waals surface area contributed by atoms with Gasteiger partial charge >= 0.3 is 5.97 Å². The van der Waals surface area contributed by atoms with Crippen molar-refractivity contribution in [1.29, 1.82) is 0 Å². The molecule has 1 saturated heterocycles. The number of ether oxygens (including phenoxy) is 1. The van der Waals surface area contributed by atoms with Gasteiger partial charge in [0.2, 0.25) is 0 Å². The molecule has 27 heavy (non-hydrogen) atoms. The van der Waals surface area contributed by atoms with Crippen molar-refractivity contribution >= 4 is 50.9 Å². The molecule has 1 aromatic heterocycles. The highest BCUT2D eigenvalue weighted by Crippen LogP contribution is 2.34. The van der Waals surface area contributed by atoms with E-state index in [1.807, 2.05) is 25.1 Å². The molecular formula is C19H16BrNO5S. The molecule has 0 radical (unpaired) electrons. The number of esters is 1. The second-order valence-corrected chi connectivity index (χ2v) is 7.61. The number of thioether (sulfide) groups is 1. The van der Waals surface area contributed by atoms with E-state index in [-0.39, 0.29) is 11.5 Å². The van der Waals surface area contributed by atoms with Gasteiger partial charge in [0.25, 0.3) is 11.1 Å². The first-order valence-corrected chi connectivity index (χ1v) is 9.77. The summed E-state index contributed by atoms with van der Waals surface area (Å²) in [6.45, 7) is 3.45. The van der Waals surface area contributed by atoms with Gasteiger partial charge in [0.1, 0.15) is 18.1 Å². The van der Waals surface area contributed by atoms with Gasteiger partial charge in [0.15, 0.2) is 0 Å². The highest BCUT2D eigenvalue weighted by molar-refractivity contribution is 9.10. The van der Waals surface area contributed by atoms with Crippen molar-refractivity contribution in [3.05, 3.63) is 51.0 Å². The number of hydrogen-bond acceptors (Lipinski definition) is 6. The number of carbonyl (C=O) groups is 3. The Hall–Kier alpha value is -2.32. The molecule has 2 heterocycles. The lowest BCUT2D eigenvalue weighted by molar-refractivity contribution is -0.145. The molecule has 0 unspecified atom stereocenters. The van der Waals surface area contributed by atoms with Gasteiger partial charge < -0.3 is 9.15 Å². The maximum Gasteiger partial charge on any atom is 0.326 e. The minimum Gasteiger partial charge on any atom is -0.465 e.